The molecule has 0 saturated carbocycles. The molecule has 3 nitrogen and oxygen atoms in total. The van der Waals surface area contributed by atoms with Gasteiger partial charge >= 0.3 is 0 Å². The van der Waals surface area contributed by atoms with Gasteiger partial charge in [-0.15, -0.1) is 24.8 Å². The summed E-state index contributed by atoms with van der Waals surface area (Å²) in [6, 6.07) is 11.6. The minimum absolute atomic E-state index is 0. The van der Waals surface area contributed by atoms with Gasteiger partial charge in [-0.1, -0.05) is 0 Å². The van der Waals surface area contributed by atoms with E-state index in [4.69, 9.17) is 5.73 Å². The van der Waals surface area contributed by atoms with Gasteiger partial charge in [-0.25, -0.2) is 9.37 Å². The quantitative estimate of drug-likeness (QED) is 0.694. The van der Waals surface area contributed by atoms with Gasteiger partial charge in [0, 0.05) is 11.3 Å². The molecule has 1 heterocycles. The van der Waals surface area contributed by atoms with Crippen molar-refractivity contribution in [2.24, 2.45) is 0 Å². The molecule has 3 aromatic rings. The van der Waals surface area contributed by atoms with Gasteiger partial charge in [0.2, 0.25) is 0 Å². The topological polar surface area (TPSA) is 51.8 Å². The van der Waals surface area contributed by atoms with E-state index in [9.17, 15) is 4.39 Å². The number of anilines is 1. The molecule has 6 heteroatoms. The first-order valence-corrected chi connectivity index (χ1v) is 5.50. The fourth-order valence-corrected chi connectivity index (χ4v) is 1.79. The zero-order chi connectivity index (χ0) is 12.5. The van der Waals surface area contributed by atoms with Crippen molar-refractivity contribution in [1.82, 2.24) is 9.97 Å². The summed E-state index contributed by atoms with van der Waals surface area (Å²) in [6.07, 6.45) is 1.66. The average molecular weight is 312 g/mol. The van der Waals surface area contributed by atoms with E-state index in [0.29, 0.717) is 11.4 Å². The van der Waals surface area contributed by atoms with Crippen LogP contribution in [0.4, 0.5) is 10.1 Å². The number of rotatable bonds is 1. The average Bonchev–Trinajstić information content (AvgIpc) is 2.39. The van der Waals surface area contributed by atoms with Crippen molar-refractivity contribution < 1.29 is 4.39 Å². The lowest BCUT2D eigenvalue weighted by atomic mass is 10.1. The van der Waals surface area contributed by atoms with Gasteiger partial charge in [0.1, 0.15) is 5.82 Å². The first-order chi connectivity index (χ1) is 8.72. The second-order valence-electron chi connectivity index (χ2n) is 4.01. The smallest absolute Gasteiger partial charge is 0.123 e. The second kappa shape index (κ2) is 6.50. The Hall–Kier alpha value is -1.91. The molecule has 0 spiro atoms. The fraction of sp³-hybridized carbons (Fsp3) is 0. The molecule has 0 unspecified atom stereocenters. The van der Waals surface area contributed by atoms with E-state index in [1.54, 1.807) is 30.5 Å². The maximum absolute atomic E-state index is 12.8. The van der Waals surface area contributed by atoms with Gasteiger partial charge in [-0.05, 0) is 42.5 Å². The van der Waals surface area contributed by atoms with Crippen LogP contribution in [0, 0.1) is 5.82 Å². The number of hydrogen-bond donors (Lipinski definition) is 1. The number of benzene rings is 2. The summed E-state index contributed by atoms with van der Waals surface area (Å²) < 4.78 is 12.8. The first kappa shape index (κ1) is 16.1. The molecule has 0 saturated heterocycles. The van der Waals surface area contributed by atoms with Gasteiger partial charge in [0.15, 0.2) is 0 Å². The van der Waals surface area contributed by atoms with Gasteiger partial charge in [-0.2, -0.15) is 0 Å². The predicted molar refractivity (Wildman–Crippen MR) is 83.8 cm³/mol. The van der Waals surface area contributed by atoms with Gasteiger partial charge < -0.3 is 5.73 Å². The number of nitrogens with zero attached hydrogens (tertiary/aromatic N) is 2. The lowest BCUT2D eigenvalue weighted by Crippen LogP contribution is -1.91. The summed E-state index contributed by atoms with van der Waals surface area (Å²) >= 11 is 0. The third kappa shape index (κ3) is 3.15. The van der Waals surface area contributed by atoms with Crippen molar-refractivity contribution >= 4 is 41.5 Å². The molecule has 1 aromatic heterocycles. The van der Waals surface area contributed by atoms with Crippen molar-refractivity contribution in [2.75, 3.05) is 5.73 Å². The third-order valence-electron chi connectivity index (χ3n) is 2.71. The van der Waals surface area contributed by atoms with E-state index in [-0.39, 0.29) is 30.6 Å². The van der Waals surface area contributed by atoms with Crippen LogP contribution in [-0.4, -0.2) is 9.97 Å². The highest BCUT2D eigenvalue weighted by atomic mass is 35.5. The van der Waals surface area contributed by atoms with Crippen LogP contribution >= 0.6 is 24.8 Å². The Morgan fingerprint density at radius 2 is 1.60 bits per heavy atom. The SMILES string of the molecule is Cl.Cl.Nc1ccc2nc(-c3ccc(F)cc3)cnc2c1. The van der Waals surface area contributed by atoms with E-state index in [0.717, 1.165) is 16.6 Å². The summed E-state index contributed by atoms with van der Waals surface area (Å²) in [5.74, 6) is -0.264. The molecule has 0 aliphatic carbocycles. The summed E-state index contributed by atoms with van der Waals surface area (Å²) in [5, 5.41) is 0. The van der Waals surface area contributed by atoms with Gasteiger partial charge in [0.25, 0.3) is 0 Å². The number of nitrogen functional groups attached to an aromatic ring is 1. The summed E-state index contributed by atoms with van der Waals surface area (Å²) in [4.78, 5) is 8.78. The van der Waals surface area contributed by atoms with Crippen molar-refractivity contribution in [1.29, 1.82) is 0 Å². The molecule has 0 aliphatic rings. The number of aromatic nitrogens is 2. The monoisotopic (exact) mass is 311 g/mol. The molecule has 0 atom stereocenters. The largest absolute Gasteiger partial charge is 0.399 e. The van der Waals surface area contributed by atoms with Crippen molar-refractivity contribution in [3.8, 4) is 11.3 Å². The third-order valence-corrected chi connectivity index (χ3v) is 2.71. The highest BCUT2D eigenvalue weighted by Crippen LogP contribution is 2.20. The van der Waals surface area contributed by atoms with Crippen LogP contribution in [0.3, 0.4) is 0 Å². The lowest BCUT2D eigenvalue weighted by molar-refractivity contribution is 0.628. The molecule has 3 rings (SSSR count). The summed E-state index contributed by atoms with van der Waals surface area (Å²) in [6.45, 7) is 0. The van der Waals surface area contributed by atoms with E-state index >= 15 is 0 Å². The number of hydrogen-bond acceptors (Lipinski definition) is 3. The van der Waals surface area contributed by atoms with Crippen LogP contribution < -0.4 is 5.73 Å². The molecule has 0 radical (unpaired) electrons. The number of fused-ring (bicyclic) bond motifs is 1. The first-order valence-electron chi connectivity index (χ1n) is 5.50. The van der Waals surface area contributed by atoms with Crippen LogP contribution in [-0.2, 0) is 0 Å². The van der Waals surface area contributed by atoms with Gasteiger partial charge in [0.05, 0.1) is 22.9 Å². The van der Waals surface area contributed by atoms with Crippen LogP contribution in [0.25, 0.3) is 22.3 Å². The van der Waals surface area contributed by atoms with Crippen LogP contribution in [0.2, 0.25) is 0 Å². The van der Waals surface area contributed by atoms with E-state index in [2.05, 4.69) is 9.97 Å². The molecule has 0 amide bonds. The van der Waals surface area contributed by atoms with Crippen LogP contribution in [0.5, 0.6) is 0 Å². The molecule has 0 aliphatic heterocycles. The van der Waals surface area contributed by atoms with Crippen molar-refractivity contribution in [2.45, 2.75) is 0 Å². The Kier molecular flexibility index (Phi) is 5.25. The molecule has 104 valence electrons. The lowest BCUT2D eigenvalue weighted by Gasteiger charge is -2.03. The molecule has 0 bridgehead atoms. The summed E-state index contributed by atoms with van der Waals surface area (Å²) in [5.41, 5.74) is 9.41. The second-order valence-corrected chi connectivity index (χ2v) is 4.01. The van der Waals surface area contributed by atoms with Gasteiger partial charge in [-0.3, -0.25) is 4.98 Å². The Labute approximate surface area is 127 Å². The van der Waals surface area contributed by atoms with Crippen LogP contribution in [0.15, 0.2) is 48.7 Å². The molecular formula is C14H12Cl2FN3. The standard InChI is InChI=1S/C14H10FN3.2ClH/c15-10-3-1-9(2-4-10)14-8-17-13-7-11(16)5-6-12(13)18-14;;/h1-8H,16H2;2*1H. The van der Waals surface area contributed by atoms with E-state index in [1.807, 2.05) is 6.07 Å². The highest BCUT2D eigenvalue weighted by molar-refractivity contribution is 5.85. The molecule has 20 heavy (non-hydrogen) atoms. The normalized spacial score (nSPS) is 9.65. The fourth-order valence-electron chi connectivity index (χ4n) is 1.79. The van der Waals surface area contributed by atoms with E-state index in [1.165, 1.54) is 12.1 Å². The zero-order valence-electron chi connectivity index (χ0n) is 10.3. The Bertz CT molecular complexity index is 717. The predicted octanol–water partition coefficient (Wildman–Crippen LogP) is 3.86. The Morgan fingerprint density at radius 3 is 2.30 bits per heavy atom. The number of halogens is 3. The Morgan fingerprint density at radius 1 is 0.900 bits per heavy atom. The molecule has 2 aromatic carbocycles. The maximum atomic E-state index is 12.8. The minimum atomic E-state index is -0.264. The number of nitrogens with two attached hydrogens (primary N) is 1. The van der Waals surface area contributed by atoms with Crippen molar-refractivity contribution in [3.63, 3.8) is 0 Å². The van der Waals surface area contributed by atoms with Crippen molar-refractivity contribution in [3.05, 3.63) is 54.5 Å². The van der Waals surface area contributed by atoms with Crippen LogP contribution in [0.1, 0.15) is 0 Å². The highest BCUT2D eigenvalue weighted by Gasteiger charge is 2.03. The zero-order valence-corrected chi connectivity index (χ0v) is 11.9. The Balaban J connectivity index is 0.000001000. The summed E-state index contributed by atoms with van der Waals surface area (Å²) in [7, 11) is 0. The molecule has 2 N–H and O–H groups in total. The molecule has 0 fully saturated rings. The maximum Gasteiger partial charge on any atom is 0.123 e. The van der Waals surface area contributed by atoms with E-state index < -0.39 is 0 Å². The molecular weight excluding hydrogens is 300 g/mol. The minimum Gasteiger partial charge on any atom is -0.399 e.